The summed E-state index contributed by atoms with van der Waals surface area (Å²) in [5, 5.41) is 5.80. The van der Waals surface area contributed by atoms with Gasteiger partial charge < -0.3 is 10.1 Å². The molecule has 0 aliphatic heterocycles. The highest BCUT2D eigenvalue weighted by Gasteiger charge is 2.20. The van der Waals surface area contributed by atoms with Gasteiger partial charge in [-0.2, -0.15) is 0 Å². The molecular formula is C21H18ClFN2O3S. The van der Waals surface area contributed by atoms with E-state index >= 15 is 0 Å². The molecule has 0 bridgehead atoms. The second kappa shape index (κ2) is 9.62. The van der Waals surface area contributed by atoms with Crippen molar-refractivity contribution in [3.05, 3.63) is 76.0 Å². The zero-order chi connectivity index (χ0) is 20.8. The minimum atomic E-state index is -0.548. The van der Waals surface area contributed by atoms with Gasteiger partial charge in [0.1, 0.15) is 10.8 Å². The average Bonchev–Trinajstić information content (AvgIpc) is 3.16. The van der Waals surface area contributed by atoms with E-state index in [1.165, 1.54) is 30.6 Å². The van der Waals surface area contributed by atoms with Crippen LogP contribution < -0.4 is 5.32 Å². The van der Waals surface area contributed by atoms with E-state index in [0.29, 0.717) is 21.3 Å². The van der Waals surface area contributed by atoms with Crippen molar-refractivity contribution >= 4 is 34.8 Å². The zero-order valence-electron chi connectivity index (χ0n) is 15.5. The molecule has 1 unspecified atom stereocenters. The summed E-state index contributed by atoms with van der Waals surface area (Å²) in [5.74, 6) is -1.07. The van der Waals surface area contributed by atoms with Crippen molar-refractivity contribution in [3.63, 3.8) is 0 Å². The van der Waals surface area contributed by atoms with Gasteiger partial charge in [-0.3, -0.25) is 9.59 Å². The van der Waals surface area contributed by atoms with Crippen LogP contribution >= 0.6 is 22.9 Å². The van der Waals surface area contributed by atoms with Crippen LogP contribution in [0.3, 0.4) is 0 Å². The first-order valence-electron chi connectivity index (χ1n) is 8.76. The predicted octanol–water partition coefficient (Wildman–Crippen LogP) is 4.57. The van der Waals surface area contributed by atoms with Crippen molar-refractivity contribution in [2.24, 2.45) is 0 Å². The first kappa shape index (κ1) is 21.0. The Hall–Kier alpha value is -2.77. The smallest absolute Gasteiger partial charge is 0.307 e. The van der Waals surface area contributed by atoms with Crippen LogP contribution in [0.5, 0.6) is 0 Å². The maximum Gasteiger partial charge on any atom is 0.307 e. The van der Waals surface area contributed by atoms with Gasteiger partial charge in [-0.15, -0.1) is 11.3 Å². The van der Waals surface area contributed by atoms with Crippen LogP contribution in [0.25, 0.3) is 10.6 Å². The summed E-state index contributed by atoms with van der Waals surface area (Å²) >= 11 is 7.25. The number of ether oxygens (including phenoxy) is 1. The molecule has 1 amide bonds. The van der Waals surface area contributed by atoms with Crippen LogP contribution in [-0.2, 0) is 20.7 Å². The molecule has 8 heteroatoms. The fraction of sp³-hybridized carbons (Fsp3) is 0.190. The lowest BCUT2D eigenvalue weighted by Gasteiger charge is -2.18. The first-order valence-corrected chi connectivity index (χ1v) is 10.0. The Kier molecular flexibility index (Phi) is 6.95. The zero-order valence-corrected chi connectivity index (χ0v) is 17.1. The highest BCUT2D eigenvalue weighted by molar-refractivity contribution is 7.13. The van der Waals surface area contributed by atoms with Gasteiger partial charge in [0, 0.05) is 16.0 Å². The molecule has 0 spiro atoms. The van der Waals surface area contributed by atoms with Crippen molar-refractivity contribution < 1.29 is 18.7 Å². The SMILES string of the molecule is COC(=O)CC(NC(=O)Cc1csc(-c2cccc(F)c2)n1)c1ccc(Cl)cc1. The lowest BCUT2D eigenvalue weighted by molar-refractivity contribution is -0.141. The van der Waals surface area contributed by atoms with E-state index in [1.807, 2.05) is 0 Å². The number of nitrogens with one attached hydrogen (secondary N) is 1. The number of thiazole rings is 1. The second-order valence-corrected chi connectivity index (χ2v) is 7.58. The Morgan fingerprint density at radius 1 is 1.24 bits per heavy atom. The Balaban J connectivity index is 1.70. The minimum Gasteiger partial charge on any atom is -0.469 e. The van der Waals surface area contributed by atoms with Gasteiger partial charge in [0.05, 0.1) is 31.7 Å². The fourth-order valence-electron chi connectivity index (χ4n) is 2.75. The van der Waals surface area contributed by atoms with E-state index in [4.69, 9.17) is 16.3 Å². The molecule has 1 atom stereocenters. The van der Waals surface area contributed by atoms with E-state index in [-0.39, 0.29) is 24.6 Å². The van der Waals surface area contributed by atoms with Crippen molar-refractivity contribution in [1.82, 2.24) is 10.3 Å². The number of aromatic nitrogens is 1. The van der Waals surface area contributed by atoms with Gasteiger partial charge >= 0.3 is 5.97 Å². The van der Waals surface area contributed by atoms with Gasteiger partial charge in [0.25, 0.3) is 0 Å². The van der Waals surface area contributed by atoms with E-state index in [9.17, 15) is 14.0 Å². The standard InChI is InChI=1S/C21H18ClFN2O3S/c1-28-20(27)11-18(13-5-7-15(22)8-6-13)25-19(26)10-17-12-29-21(24-17)14-3-2-4-16(23)9-14/h2-9,12,18H,10-11H2,1H3,(H,25,26). The number of rotatable bonds is 7. The van der Waals surface area contributed by atoms with Crippen LogP contribution in [0, 0.1) is 5.82 Å². The monoisotopic (exact) mass is 432 g/mol. The van der Waals surface area contributed by atoms with Crippen molar-refractivity contribution in [3.8, 4) is 10.6 Å². The quantitative estimate of drug-likeness (QED) is 0.555. The summed E-state index contributed by atoms with van der Waals surface area (Å²) in [6.07, 6.45) is 0.0343. The number of nitrogens with zero attached hydrogens (tertiary/aromatic N) is 1. The van der Waals surface area contributed by atoms with E-state index in [1.54, 1.807) is 41.8 Å². The highest BCUT2D eigenvalue weighted by atomic mass is 35.5. The maximum absolute atomic E-state index is 13.4. The minimum absolute atomic E-state index is 0.00448. The molecular weight excluding hydrogens is 415 g/mol. The fourth-order valence-corrected chi connectivity index (χ4v) is 3.69. The molecule has 0 aliphatic rings. The van der Waals surface area contributed by atoms with Crippen LogP contribution in [0.15, 0.2) is 53.9 Å². The van der Waals surface area contributed by atoms with Crippen LogP contribution in [0.2, 0.25) is 5.02 Å². The van der Waals surface area contributed by atoms with Crippen LogP contribution in [0.4, 0.5) is 4.39 Å². The molecule has 150 valence electrons. The van der Waals surface area contributed by atoms with Gasteiger partial charge in [-0.1, -0.05) is 35.9 Å². The summed E-state index contributed by atoms with van der Waals surface area (Å²) in [6.45, 7) is 0. The molecule has 5 nitrogen and oxygen atoms in total. The topological polar surface area (TPSA) is 68.3 Å². The average molecular weight is 433 g/mol. The van der Waals surface area contributed by atoms with Crippen LogP contribution in [-0.4, -0.2) is 24.0 Å². The number of halogens is 2. The Labute approximate surface area is 176 Å². The maximum atomic E-state index is 13.4. The predicted molar refractivity (Wildman–Crippen MR) is 110 cm³/mol. The first-order chi connectivity index (χ1) is 13.9. The second-order valence-electron chi connectivity index (χ2n) is 6.28. The molecule has 1 heterocycles. The highest BCUT2D eigenvalue weighted by Crippen LogP contribution is 2.25. The third kappa shape index (κ3) is 5.85. The Morgan fingerprint density at radius 3 is 2.69 bits per heavy atom. The lowest BCUT2D eigenvalue weighted by Crippen LogP contribution is -2.31. The molecule has 0 saturated heterocycles. The summed E-state index contributed by atoms with van der Waals surface area (Å²) in [5.41, 5.74) is 1.97. The number of esters is 1. The molecule has 0 fully saturated rings. The molecule has 1 N–H and O–H groups in total. The van der Waals surface area contributed by atoms with Crippen molar-refractivity contribution in [2.75, 3.05) is 7.11 Å². The van der Waals surface area contributed by atoms with Gasteiger partial charge in [0.15, 0.2) is 0 Å². The molecule has 0 aliphatic carbocycles. The van der Waals surface area contributed by atoms with Crippen molar-refractivity contribution in [2.45, 2.75) is 18.9 Å². The summed E-state index contributed by atoms with van der Waals surface area (Å²) < 4.78 is 18.1. The normalized spacial score (nSPS) is 11.7. The molecule has 0 saturated carbocycles. The summed E-state index contributed by atoms with van der Waals surface area (Å²) in [4.78, 5) is 28.7. The molecule has 1 aromatic heterocycles. The number of carbonyl (C=O) groups is 2. The number of benzene rings is 2. The van der Waals surface area contributed by atoms with E-state index in [2.05, 4.69) is 10.3 Å². The Bertz CT molecular complexity index is 1010. The number of amides is 1. The number of hydrogen-bond donors (Lipinski definition) is 1. The number of methoxy groups -OCH3 is 1. The third-order valence-electron chi connectivity index (χ3n) is 4.17. The molecule has 2 aromatic carbocycles. The van der Waals surface area contributed by atoms with E-state index in [0.717, 1.165) is 5.56 Å². The lowest BCUT2D eigenvalue weighted by atomic mass is 10.0. The molecule has 29 heavy (non-hydrogen) atoms. The summed E-state index contributed by atoms with van der Waals surface area (Å²) in [7, 11) is 1.30. The molecule has 3 aromatic rings. The molecule has 0 radical (unpaired) electrons. The van der Waals surface area contributed by atoms with E-state index < -0.39 is 12.0 Å². The largest absolute Gasteiger partial charge is 0.469 e. The summed E-state index contributed by atoms with van der Waals surface area (Å²) in [6, 6.07) is 12.5. The van der Waals surface area contributed by atoms with Gasteiger partial charge in [0.2, 0.25) is 5.91 Å². The number of hydrogen-bond acceptors (Lipinski definition) is 5. The van der Waals surface area contributed by atoms with Gasteiger partial charge in [-0.05, 0) is 29.8 Å². The van der Waals surface area contributed by atoms with Crippen molar-refractivity contribution in [1.29, 1.82) is 0 Å². The van der Waals surface area contributed by atoms with Crippen LogP contribution in [0.1, 0.15) is 23.7 Å². The Morgan fingerprint density at radius 2 is 2.00 bits per heavy atom. The molecule has 3 rings (SSSR count). The number of carbonyl (C=O) groups excluding carboxylic acids is 2. The third-order valence-corrected chi connectivity index (χ3v) is 5.36. The van der Waals surface area contributed by atoms with Gasteiger partial charge in [-0.25, -0.2) is 9.37 Å².